The highest BCUT2D eigenvalue weighted by Gasteiger charge is 2.63. The lowest BCUT2D eigenvalue weighted by molar-refractivity contribution is -0.179. The Morgan fingerprint density at radius 2 is 1.68 bits per heavy atom. The lowest BCUT2D eigenvalue weighted by Crippen LogP contribution is -2.58. The Morgan fingerprint density at radius 3 is 2.35 bits per heavy atom. The molecule has 8 heteroatoms. The summed E-state index contributed by atoms with van der Waals surface area (Å²) in [4.78, 5) is 74.9. The van der Waals surface area contributed by atoms with Gasteiger partial charge in [-0.3, -0.25) is 28.8 Å². The second kappa shape index (κ2) is 9.28. The highest BCUT2D eigenvalue weighted by Crippen LogP contribution is 2.67. The summed E-state index contributed by atoms with van der Waals surface area (Å²) in [6.07, 6.45) is 6.36. The Balaban J connectivity index is 1.39. The Kier molecular flexibility index (Phi) is 6.52. The van der Waals surface area contributed by atoms with Gasteiger partial charge in [-0.05, 0) is 74.2 Å². The molecule has 8 nitrogen and oxygen atoms in total. The number of fused-ring (bicyclic) bond motifs is 5. The fourth-order valence-corrected chi connectivity index (χ4v) is 8.83. The van der Waals surface area contributed by atoms with Crippen LogP contribution in [0.1, 0.15) is 91.4 Å². The van der Waals surface area contributed by atoms with Crippen molar-refractivity contribution in [2.24, 2.45) is 34.5 Å². The number of likely N-dealkylation sites (tertiary alicyclic amines) is 1. The number of nitrogens with zero attached hydrogens (tertiary/aromatic N) is 1. The van der Waals surface area contributed by atoms with Crippen LogP contribution in [-0.4, -0.2) is 46.3 Å². The first-order valence-corrected chi connectivity index (χ1v) is 13.8. The van der Waals surface area contributed by atoms with Crippen molar-refractivity contribution in [2.45, 2.75) is 97.5 Å². The number of carbonyl (C=O) groups is 6. The van der Waals surface area contributed by atoms with Crippen LogP contribution in [0.3, 0.4) is 0 Å². The molecule has 5 aliphatic rings. The van der Waals surface area contributed by atoms with Crippen LogP contribution in [0.5, 0.6) is 0 Å². The van der Waals surface area contributed by atoms with Gasteiger partial charge in [-0.15, -0.1) is 0 Å². The van der Waals surface area contributed by atoms with Crippen molar-refractivity contribution in [1.82, 2.24) is 4.90 Å². The second-order valence-corrected chi connectivity index (χ2v) is 12.4. The number of ether oxygens (including phenoxy) is 1. The highest BCUT2D eigenvalue weighted by molar-refractivity contribution is 6.15. The third-order valence-electron chi connectivity index (χ3n) is 10.5. The zero-order valence-electron chi connectivity index (χ0n) is 22.0. The fourth-order valence-electron chi connectivity index (χ4n) is 8.83. The van der Waals surface area contributed by atoms with Crippen LogP contribution in [0.2, 0.25) is 0 Å². The first-order chi connectivity index (χ1) is 17.5. The van der Waals surface area contributed by atoms with E-state index in [9.17, 15) is 28.8 Å². The maximum Gasteiger partial charge on any atom is 0.306 e. The first kappa shape index (κ1) is 26.0. The number of ketones is 2. The summed E-state index contributed by atoms with van der Waals surface area (Å²) >= 11 is 0. The molecule has 200 valence electrons. The van der Waals surface area contributed by atoms with Crippen molar-refractivity contribution in [1.29, 1.82) is 0 Å². The smallest absolute Gasteiger partial charge is 0.306 e. The molecule has 4 fully saturated rings. The Morgan fingerprint density at radius 1 is 0.973 bits per heavy atom. The highest BCUT2D eigenvalue weighted by atomic mass is 16.5. The lowest BCUT2D eigenvalue weighted by Gasteiger charge is -2.60. The zero-order valence-corrected chi connectivity index (χ0v) is 22.0. The molecule has 0 aromatic carbocycles. The molecule has 7 atom stereocenters. The molecule has 0 radical (unpaired) electrons. The summed E-state index contributed by atoms with van der Waals surface area (Å²) in [5.41, 5.74) is 0.642. The molecular formula is C29H37NO7. The minimum atomic E-state index is -0.661. The molecule has 1 heterocycles. The molecule has 0 aromatic heterocycles. The summed E-state index contributed by atoms with van der Waals surface area (Å²) in [5.74, 6) is -1.24. The quantitative estimate of drug-likeness (QED) is 0.408. The van der Waals surface area contributed by atoms with Crippen LogP contribution >= 0.6 is 0 Å². The van der Waals surface area contributed by atoms with E-state index in [-0.39, 0.29) is 65.8 Å². The van der Waals surface area contributed by atoms with Gasteiger partial charge in [-0.1, -0.05) is 19.4 Å². The van der Waals surface area contributed by atoms with Gasteiger partial charge in [0.25, 0.3) is 0 Å². The summed E-state index contributed by atoms with van der Waals surface area (Å²) in [6.45, 7) is 6.05. The molecule has 0 aromatic rings. The molecule has 0 bridgehead atoms. The van der Waals surface area contributed by atoms with E-state index in [1.54, 1.807) is 6.92 Å². The molecule has 0 spiro atoms. The molecule has 4 aliphatic carbocycles. The molecule has 3 amide bonds. The minimum Gasteiger partial charge on any atom is -0.462 e. The summed E-state index contributed by atoms with van der Waals surface area (Å²) < 4.78 is 6.17. The van der Waals surface area contributed by atoms with Gasteiger partial charge in [0.2, 0.25) is 17.7 Å². The van der Waals surface area contributed by atoms with Crippen LogP contribution in [0.15, 0.2) is 11.6 Å². The van der Waals surface area contributed by atoms with Crippen LogP contribution in [0.25, 0.3) is 0 Å². The van der Waals surface area contributed by atoms with E-state index in [2.05, 4.69) is 13.8 Å². The Hall–Kier alpha value is -2.64. The van der Waals surface area contributed by atoms with Gasteiger partial charge < -0.3 is 4.74 Å². The van der Waals surface area contributed by atoms with Gasteiger partial charge in [0.1, 0.15) is 11.9 Å². The summed E-state index contributed by atoms with van der Waals surface area (Å²) in [5, 5.41) is 0. The molecule has 5 rings (SSSR count). The van der Waals surface area contributed by atoms with E-state index in [0.717, 1.165) is 37.7 Å². The van der Waals surface area contributed by atoms with E-state index in [1.165, 1.54) is 0 Å². The molecule has 1 aliphatic heterocycles. The predicted octanol–water partition coefficient (Wildman–Crippen LogP) is 3.70. The number of amides is 3. The van der Waals surface area contributed by atoms with Crippen molar-refractivity contribution in [3.63, 3.8) is 0 Å². The largest absolute Gasteiger partial charge is 0.462 e. The van der Waals surface area contributed by atoms with Crippen LogP contribution in [0.4, 0.5) is 0 Å². The molecule has 7 unspecified atom stereocenters. The van der Waals surface area contributed by atoms with E-state index in [1.807, 2.05) is 6.08 Å². The lowest BCUT2D eigenvalue weighted by atomic mass is 9.46. The third-order valence-corrected chi connectivity index (χ3v) is 10.5. The van der Waals surface area contributed by atoms with E-state index in [0.29, 0.717) is 23.7 Å². The van der Waals surface area contributed by atoms with Gasteiger partial charge in [-0.2, -0.15) is 0 Å². The molecule has 3 saturated carbocycles. The maximum absolute atomic E-state index is 13.1. The number of Topliss-reactive ketones (excluding diaryl/α,β-unsaturated/α-hetero) is 1. The fraction of sp³-hybridized carbons (Fsp3) is 0.724. The summed E-state index contributed by atoms with van der Waals surface area (Å²) in [7, 11) is 0. The van der Waals surface area contributed by atoms with Crippen LogP contribution in [-0.2, 0) is 33.5 Å². The molecule has 1 saturated heterocycles. The van der Waals surface area contributed by atoms with E-state index < -0.39 is 29.8 Å². The normalized spacial score (nSPS) is 39.0. The number of hydrogen-bond acceptors (Lipinski definition) is 7. The second-order valence-electron chi connectivity index (χ2n) is 12.4. The number of hydrogen-bond donors (Lipinski definition) is 0. The van der Waals surface area contributed by atoms with Crippen molar-refractivity contribution in [2.75, 3.05) is 0 Å². The van der Waals surface area contributed by atoms with Crippen molar-refractivity contribution in [3.8, 4) is 0 Å². The predicted molar refractivity (Wildman–Crippen MR) is 131 cm³/mol. The Bertz CT molecular complexity index is 1090. The van der Waals surface area contributed by atoms with E-state index in [4.69, 9.17) is 4.74 Å². The topological polar surface area (TPSA) is 115 Å². The van der Waals surface area contributed by atoms with Gasteiger partial charge in [0.05, 0.1) is 6.42 Å². The maximum atomic E-state index is 13.1. The SMILES string of the molecule is CC(=O)C1CCC2C3CCC4=CC(=O)CCC4(C)C3C(OC(=O)CCC(=O)N3C(=O)CCC3=O)CC12C. The average Bonchev–Trinajstić information content (AvgIpc) is 3.35. The number of esters is 1. The van der Waals surface area contributed by atoms with E-state index >= 15 is 0 Å². The zero-order chi connectivity index (χ0) is 26.7. The number of rotatable bonds is 5. The van der Waals surface area contributed by atoms with Gasteiger partial charge >= 0.3 is 5.97 Å². The van der Waals surface area contributed by atoms with Gasteiger partial charge in [-0.25, -0.2) is 4.90 Å². The van der Waals surface area contributed by atoms with Crippen molar-refractivity contribution >= 4 is 35.3 Å². The van der Waals surface area contributed by atoms with Gasteiger partial charge in [0, 0.05) is 37.5 Å². The van der Waals surface area contributed by atoms with Crippen LogP contribution in [0, 0.1) is 34.5 Å². The first-order valence-electron chi connectivity index (χ1n) is 13.8. The number of carbonyl (C=O) groups excluding carboxylic acids is 6. The molecular weight excluding hydrogens is 474 g/mol. The summed E-state index contributed by atoms with van der Waals surface area (Å²) in [6, 6.07) is 0. The monoisotopic (exact) mass is 511 g/mol. The van der Waals surface area contributed by atoms with Crippen molar-refractivity contribution in [3.05, 3.63) is 11.6 Å². The Labute approximate surface area is 217 Å². The number of allylic oxidation sites excluding steroid dienone is 1. The minimum absolute atomic E-state index is 0.0220. The van der Waals surface area contributed by atoms with Crippen LogP contribution < -0.4 is 0 Å². The number of imide groups is 3. The molecule has 0 N–H and O–H groups in total. The van der Waals surface area contributed by atoms with Crippen molar-refractivity contribution < 1.29 is 33.5 Å². The standard InChI is InChI=1S/C29H37NO7/c1-16(31)20-6-7-21-19-5-4-17-14-18(32)12-13-28(17,2)27(19)22(15-29(20,21)3)37-26(36)11-10-25(35)30-23(33)8-9-24(30)34/h14,19-22,27H,4-13,15H2,1-3H3. The average molecular weight is 512 g/mol. The van der Waals surface area contributed by atoms with Gasteiger partial charge in [0.15, 0.2) is 5.78 Å². The third kappa shape index (κ3) is 4.20. The molecule has 37 heavy (non-hydrogen) atoms.